The number of hydrogen-bond donors (Lipinski definition) is 2. The van der Waals surface area contributed by atoms with Gasteiger partial charge in [-0.05, 0) is 0 Å². The molecular weight excluding hydrogens is 77.5 g/mol. The molecule has 4 heavy (non-hydrogen) atoms. The van der Waals surface area contributed by atoms with E-state index in [1.54, 1.807) is 5.48 Å². The van der Waals surface area contributed by atoms with Crippen molar-refractivity contribution < 1.29 is 17.6 Å². The zero-order valence-electron chi connectivity index (χ0n) is 2.33. The van der Waals surface area contributed by atoms with Gasteiger partial charge < -0.3 is 17.6 Å². The lowest BCUT2D eigenvalue weighted by Gasteiger charge is -1.60. The summed E-state index contributed by atoms with van der Waals surface area (Å²) in [7, 11) is 1.43. The van der Waals surface area contributed by atoms with E-state index >= 15 is 0 Å². The molecule has 0 atom stereocenters. The molecule has 0 saturated carbocycles. The minimum Gasteiger partial charge on any atom is -1.00 e. The van der Waals surface area contributed by atoms with E-state index in [-0.39, 0.29) is 12.4 Å². The van der Waals surface area contributed by atoms with Crippen molar-refractivity contribution in [2.24, 2.45) is 0 Å². The molecule has 0 aliphatic rings. The highest BCUT2D eigenvalue weighted by Gasteiger charge is 1.24. The Hall–Kier alpha value is 0.210. The number of rotatable bonds is 0. The molecule has 3 heteroatoms. The average Bonchev–Trinajstić information content (AvgIpc) is 0.918. The Morgan fingerprint density at radius 1 is 1.75 bits per heavy atom. The van der Waals surface area contributed by atoms with Gasteiger partial charge in [-0.25, -0.2) is 5.48 Å². The second-order valence-electron chi connectivity index (χ2n) is 0.224. The molecule has 0 spiro atoms. The van der Waals surface area contributed by atoms with Crippen molar-refractivity contribution in [2.75, 3.05) is 7.05 Å². The Bertz CT molecular complexity index is 8.00. The fourth-order valence-corrected chi connectivity index (χ4v) is 0. The minimum atomic E-state index is 0. The Labute approximate surface area is 31.2 Å². The molecule has 0 saturated heterocycles. The number of hydroxylamine groups is 1. The van der Waals surface area contributed by atoms with E-state index in [1.807, 2.05) is 0 Å². The molecule has 2 N–H and O–H groups in total. The van der Waals surface area contributed by atoms with E-state index in [1.165, 1.54) is 7.05 Å². The van der Waals surface area contributed by atoms with Crippen molar-refractivity contribution in [2.45, 2.75) is 0 Å². The van der Waals surface area contributed by atoms with Crippen LogP contribution in [0.2, 0.25) is 0 Å². The summed E-state index contributed by atoms with van der Waals surface area (Å²) in [6.07, 6.45) is 0. The normalized spacial score (nSPS) is 4.50. The van der Waals surface area contributed by atoms with E-state index in [0.717, 1.165) is 0 Å². The molecule has 0 rings (SSSR count). The highest BCUT2D eigenvalue weighted by Crippen LogP contribution is 0.957. The fourth-order valence-electron chi connectivity index (χ4n) is 0. The summed E-state index contributed by atoms with van der Waals surface area (Å²) in [6.45, 7) is 0. The molecule has 0 amide bonds. The third-order valence-electron chi connectivity index (χ3n) is 0. The lowest BCUT2D eigenvalue weighted by molar-refractivity contribution is -0.00000213. The second-order valence-corrected chi connectivity index (χ2v) is 0.224. The van der Waals surface area contributed by atoms with Crippen LogP contribution in [0, 0.1) is 0 Å². The number of hydrogen-bond acceptors (Lipinski definition) is 2. The van der Waals surface area contributed by atoms with Gasteiger partial charge in [-0.15, -0.1) is 0 Å². The van der Waals surface area contributed by atoms with E-state index in [0.29, 0.717) is 0 Å². The van der Waals surface area contributed by atoms with Gasteiger partial charge in [0.05, 0.1) is 0 Å². The molecule has 0 aromatic heterocycles. The third-order valence-corrected chi connectivity index (χ3v) is 0. The van der Waals surface area contributed by atoms with Crippen molar-refractivity contribution in [3.63, 3.8) is 0 Å². The molecule has 0 aromatic carbocycles. The molecule has 0 aliphatic heterocycles. The van der Waals surface area contributed by atoms with E-state index in [2.05, 4.69) is 0 Å². The van der Waals surface area contributed by atoms with Gasteiger partial charge in [-0.2, -0.15) is 0 Å². The Balaban J connectivity index is 0. The minimum absolute atomic E-state index is 0. The van der Waals surface area contributed by atoms with Gasteiger partial charge in [-0.3, -0.25) is 0 Å². The molecule has 2 nitrogen and oxygen atoms in total. The topological polar surface area (TPSA) is 32.3 Å². The Morgan fingerprint density at radius 3 is 1.75 bits per heavy atom. The molecule has 0 bridgehead atoms. The maximum atomic E-state index is 7.32. The van der Waals surface area contributed by atoms with Crippen LogP contribution in [0.1, 0.15) is 0 Å². The zero-order valence-corrected chi connectivity index (χ0v) is 3.08. The van der Waals surface area contributed by atoms with Gasteiger partial charge in [-0.1, -0.05) is 0 Å². The lowest BCUT2D eigenvalue weighted by atomic mass is 11.6. The summed E-state index contributed by atoms with van der Waals surface area (Å²) >= 11 is 0. The van der Waals surface area contributed by atoms with Crippen molar-refractivity contribution in [1.29, 1.82) is 0 Å². The van der Waals surface area contributed by atoms with E-state index in [4.69, 9.17) is 5.21 Å². The van der Waals surface area contributed by atoms with Gasteiger partial charge in [0.2, 0.25) is 0 Å². The smallest absolute Gasteiger partial charge is 0.00929 e. The summed E-state index contributed by atoms with van der Waals surface area (Å²) in [5.41, 5.74) is 1.75. The summed E-state index contributed by atoms with van der Waals surface area (Å²) in [6, 6.07) is 0. The van der Waals surface area contributed by atoms with E-state index < -0.39 is 0 Å². The third kappa shape index (κ3) is 73.4. The van der Waals surface area contributed by atoms with Crippen LogP contribution in [0.5, 0.6) is 0 Å². The molecule has 0 heterocycles. The maximum Gasteiger partial charge on any atom is 0.00929 e. The van der Waals surface area contributed by atoms with Crippen LogP contribution in [0.3, 0.4) is 0 Å². The maximum absolute atomic E-state index is 7.32. The lowest BCUT2D eigenvalue weighted by Crippen LogP contribution is -3.00. The van der Waals surface area contributed by atoms with Crippen LogP contribution in [0.4, 0.5) is 0 Å². The van der Waals surface area contributed by atoms with Gasteiger partial charge >= 0.3 is 0 Å². The van der Waals surface area contributed by atoms with Gasteiger partial charge in [0.15, 0.2) is 0 Å². The number of halogens is 1. The highest BCUT2D eigenvalue weighted by molar-refractivity contribution is 3.65. The van der Waals surface area contributed by atoms with Gasteiger partial charge in [0.25, 0.3) is 0 Å². The van der Waals surface area contributed by atoms with E-state index in [9.17, 15) is 0 Å². The van der Waals surface area contributed by atoms with Crippen molar-refractivity contribution in [1.82, 2.24) is 5.48 Å². The van der Waals surface area contributed by atoms with Gasteiger partial charge in [0.1, 0.15) is 0 Å². The highest BCUT2D eigenvalue weighted by atomic mass is 35.5. The van der Waals surface area contributed by atoms with Crippen LogP contribution in [0.25, 0.3) is 0 Å². The first-order valence-corrected chi connectivity index (χ1v) is 0.724. The largest absolute Gasteiger partial charge is 1.00 e. The predicted octanol–water partition coefficient (Wildman–Crippen LogP) is -3.40. The zero-order chi connectivity index (χ0) is 2.71. The van der Waals surface area contributed by atoms with Crippen LogP contribution < -0.4 is 17.9 Å². The van der Waals surface area contributed by atoms with Gasteiger partial charge in [0, 0.05) is 7.05 Å². The first-order valence-electron chi connectivity index (χ1n) is 0.724. The predicted molar refractivity (Wildman–Crippen MR) is 10.8 cm³/mol. The standard InChI is InChI=1S/CH5NO.ClH/c1-2-3;/h2-3H,1H3;1H/p-1. The monoisotopic (exact) mass is 82.0 g/mol. The van der Waals surface area contributed by atoms with Crippen LogP contribution >= 0.6 is 0 Å². The number of nitrogens with one attached hydrogen (secondary N) is 1. The quantitative estimate of drug-likeness (QED) is 0.299. The SMILES string of the molecule is CNO.[Cl-]. The average molecular weight is 82.5 g/mol. The van der Waals surface area contributed by atoms with Crippen LogP contribution in [-0.4, -0.2) is 12.3 Å². The van der Waals surface area contributed by atoms with Crippen LogP contribution in [-0.2, 0) is 0 Å². The first-order chi connectivity index (χ1) is 1.41. The summed E-state index contributed by atoms with van der Waals surface area (Å²) in [5, 5.41) is 7.32. The van der Waals surface area contributed by atoms with Crippen molar-refractivity contribution in [3.05, 3.63) is 0 Å². The molecule has 0 unspecified atom stereocenters. The Kier molecular flexibility index (Phi) is 23.8. The molecular formula is CH5ClNO-. The molecule has 0 aliphatic carbocycles. The fraction of sp³-hybridized carbons (Fsp3) is 1.00. The molecule has 28 valence electrons. The summed E-state index contributed by atoms with van der Waals surface area (Å²) in [4.78, 5) is 0. The summed E-state index contributed by atoms with van der Waals surface area (Å²) in [5.74, 6) is 0. The van der Waals surface area contributed by atoms with Crippen LogP contribution in [0.15, 0.2) is 0 Å². The molecule has 0 radical (unpaired) electrons. The van der Waals surface area contributed by atoms with Crippen molar-refractivity contribution >= 4 is 0 Å². The summed E-state index contributed by atoms with van der Waals surface area (Å²) < 4.78 is 0. The molecule has 0 aromatic rings. The first kappa shape index (κ1) is 8.88. The molecule has 0 fully saturated rings. The Morgan fingerprint density at radius 2 is 1.75 bits per heavy atom. The van der Waals surface area contributed by atoms with Crippen molar-refractivity contribution in [3.8, 4) is 0 Å². The second kappa shape index (κ2) is 10.7.